The highest BCUT2D eigenvalue weighted by molar-refractivity contribution is 7.89. The lowest BCUT2D eigenvalue weighted by Crippen LogP contribution is -2.18. The topological polar surface area (TPSA) is 119 Å². The lowest BCUT2D eigenvalue weighted by Gasteiger charge is -2.08. The van der Waals surface area contributed by atoms with Crippen molar-refractivity contribution in [2.24, 2.45) is 0 Å². The van der Waals surface area contributed by atoms with E-state index in [-0.39, 0.29) is 22.8 Å². The van der Waals surface area contributed by atoms with Crippen LogP contribution in [0.15, 0.2) is 47.6 Å². The standard InChI is InChI=1S/C15H14ClN5O4S/c1-17-26(24,25)12-3-4-13(14(6-12)21(22)23)18-7-11-9-20-8-10(16)2-5-15(20)19-11/h2-6,8-9,17-18H,7H2,1H3. The van der Waals surface area contributed by atoms with Gasteiger partial charge in [0.05, 0.1) is 27.1 Å². The third-order valence-corrected chi connectivity index (χ3v) is 5.31. The Labute approximate surface area is 153 Å². The summed E-state index contributed by atoms with van der Waals surface area (Å²) in [6.07, 6.45) is 3.45. The summed E-state index contributed by atoms with van der Waals surface area (Å²) < 4.78 is 27.5. The molecule has 0 aliphatic carbocycles. The summed E-state index contributed by atoms with van der Waals surface area (Å²) in [6, 6.07) is 7.13. The molecule has 0 aliphatic rings. The number of benzene rings is 1. The zero-order valence-corrected chi connectivity index (χ0v) is 15.1. The highest BCUT2D eigenvalue weighted by Crippen LogP contribution is 2.28. The number of nitro groups is 1. The van der Waals surface area contributed by atoms with E-state index in [9.17, 15) is 18.5 Å². The fourth-order valence-corrected chi connectivity index (χ4v) is 3.30. The lowest BCUT2D eigenvalue weighted by atomic mass is 10.2. The number of anilines is 1. The van der Waals surface area contributed by atoms with Crippen LogP contribution in [0.25, 0.3) is 5.65 Å². The molecule has 26 heavy (non-hydrogen) atoms. The van der Waals surface area contributed by atoms with Crippen molar-refractivity contribution in [1.82, 2.24) is 14.1 Å². The van der Waals surface area contributed by atoms with Crippen molar-refractivity contribution >= 4 is 38.6 Å². The molecule has 0 fully saturated rings. The van der Waals surface area contributed by atoms with Gasteiger partial charge in [0.25, 0.3) is 5.69 Å². The Morgan fingerprint density at radius 2 is 2.04 bits per heavy atom. The number of rotatable bonds is 6. The first kappa shape index (κ1) is 18.1. The van der Waals surface area contributed by atoms with Crippen molar-refractivity contribution in [2.75, 3.05) is 12.4 Å². The molecule has 0 spiro atoms. The van der Waals surface area contributed by atoms with Crippen molar-refractivity contribution < 1.29 is 13.3 Å². The van der Waals surface area contributed by atoms with Gasteiger partial charge in [-0.2, -0.15) is 0 Å². The first-order valence-electron chi connectivity index (χ1n) is 7.39. The predicted molar refractivity (Wildman–Crippen MR) is 96.9 cm³/mol. The number of hydrogen-bond donors (Lipinski definition) is 2. The van der Waals surface area contributed by atoms with Gasteiger partial charge < -0.3 is 9.72 Å². The fourth-order valence-electron chi connectivity index (χ4n) is 2.39. The molecule has 0 unspecified atom stereocenters. The minimum Gasteiger partial charge on any atom is -0.374 e. The number of halogens is 1. The highest BCUT2D eigenvalue weighted by atomic mass is 35.5. The Kier molecular flexibility index (Phi) is 4.81. The van der Waals surface area contributed by atoms with Gasteiger partial charge in [-0.15, -0.1) is 0 Å². The van der Waals surface area contributed by atoms with Crippen LogP contribution in [0.2, 0.25) is 5.02 Å². The van der Waals surface area contributed by atoms with E-state index in [0.717, 1.165) is 6.07 Å². The summed E-state index contributed by atoms with van der Waals surface area (Å²) in [5, 5.41) is 14.8. The molecule has 2 aromatic heterocycles. The maximum absolute atomic E-state index is 11.8. The summed E-state index contributed by atoms with van der Waals surface area (Å²) in [5.74, 6) is 0. The highest BCUT2D eigenvalue weighted by Gasteiger charge is 2.20. The predicted octanol–water partition coefficient (Wildman–Crippen LogP) is 2.42. The van der Waals surface area contributed by atoms with Crippen LogP contribution in [-0.4, -0.2) is 29.8 Å². The van der Waals surface area contributed by atoms with Gasteiger partial charge in [-0.1, -0.05) is 11.6 Å². The van der Waals surface area contributed by atoms with Crippen molar-refractivity contribution in [1.29, 1.82) is 0 Å². The normalized spacial score (nSPS) is 11.6. The molecule has 1 aromatic carbocycles. The number of nitro benzene ring substituents is 1. The van der Waals surface area contributed by atoms with Gasteiger partial charge in [-0.3, -0.25) is 10.1 Å². The molecular formula is C15H14ClN5O4S. The Morgan fingerprint density at radius 3 is 2.73 bits per heavy atom. The van der Waals surface area contributed by atoms with Gasteiger partial charge in [-0.25, -0.2) is 18.1 Å². The molecule has 3 aromatic rings. The second-order valence-electron chi connectivity index (χ2n) is 5.34. The molecule has 9 nitrogen and oxygen atoms in total. The van der Waals surface area contributed by atoms with E-state index in [1.807, 2.05) is 0 Å². The number of aromatic nitrogens is 2. The van der Waals surface area contributed by atoms with Gasteiger partial charge in [0.15, 0.2) is 0 Å². The van der Waals surface area contributed by atoms with E-state index >= 15 is 0 Å². The van der Waals surface area contributed by atoms with E-state index in [1.165, 1.54) is 19.2 Å². The maximum atomic E-state index is 11.8. The van der Waals surface area contributed by atoms with E-state index in [0.29, 0.717) is 16.4 Å². The number of fused-ring (bicyclic) bond motifs is 1. The molecule has 2 heterocycles. The van der Waals surface area contributed by atoms with E-state index in [1.54, 1.807) is 28.9 Å². The minimum atomic E-state index is -3.77. The van der Waals surface area contributed by atoms with E-state index in [4.69, 9.17) is 11.6 Å². The van der Waals surface area contributed by atoms with Crippen LogP contribution in [0, 0.1) is 10.1 Å². The molecule has 3 rings (SSSR count). The largest absolute Gasteiger partial charge is 0.374 e. The van der Waals surface area contributed by atoms with Gasteiger partial charge >= 0.3 is 0 Å². The molecule has 0 amide bonds. The summed E-state index contributed by atoms with van der Waals surface area (Å²) >= 11 is 5.93. The van der Waals surface area contributed by atoms with E-state index in [2.05, 4.69) is 15.0 Å². The third kappa shape index (κ3) is 3.62. The van der Waals surface area contributed by atoms with Crippen LogP contribution in [-0.2, 0) is 16.6 Å². The molecule has 0 bridgehead atoms. The number of imidazole rings is 1. The quantitative estimate of drug-likeness (QED) is 0.488. The number of nitrogens with zero attached hydrogens (tertiary/aromatic N) is 3. The Bertz CT molecular complexity index is 1100. The second-order valence-corrected chi connectivity index (χ2v) is 7.67. The molecule has 0 saturated carbocycles. The number of nitrogens with one attached hydrogen (secondary N) is 2. The summed E-state index contributed by atoms with van der Waals surface area (Å²) in [4.78, 5) is 14.9. The smallest absolute Gasteiger partial charge is 0.293 e. The number of hydrogen-bond acceptors (Lipinski definition) is 6. The first-order valence-corrected chi connectivity index (χ1v) is 9.25. The summed E-state index contributed by atoms with van der Waals surface area (Å²) in [6.45, 7) is 0.220. The average molecular weight is 396 g/mol. The molecule has 2 N–H and O–H groups in total. The number of pyridine rings is 1. The summed E-state index contributed by atoms with van der Waals surface area (Å²) in [5.41, 5.74) is 1.19. The average Bonchev–Trinajstić information content (AvgIpc) is 3.01. The Hall–Kier alpha value is -2.69. The molecule has 0 saturated heterocycles. The van der Waals surface area contributed by atoms with Crippen molar-refractivity contribution in [3.63, 3.8) is 0 Å². The molecule has 136 valence electrons. The fraction of sp³-hybridized carbons (Fsp3) is 0.133. The third-order valence-electron chi connectivity index (χ3n) is 3.67. The Morgan fingerprint density at radius 1 is 1.27 bits per heavy atom. The minimum absolute atomic E-state index is 0.181. The van der Waals surface area contributed by atoms with Crippen LogP contribution in [0.4, 0.5) is 11.4 Å². The van der Waals surface area contributed by atoms with Crippen LogP contribution < -0.4 is 10.0 Å². The van der Waals surface area contributed by atoms with Gasteiger partial charge in [0.1, 0.15) is 11.3 Å². The molecule has 11 heteroatoms. The molecular weight excluding hydrogens is 382 g/mol. The van der Waals surface area contributed by atoms with Gasteiger partial charge in [-0.05, 0) is 31.3 Å². The second kappa shape index (κ2) is 6.90. The zero-order chi connectivity index (χ0) is 18.9. The molecule has 0 radical (unpaired) electrons. The maximum Gasteiger partial charge on any atom is 0.293 e. The SMILES string of the molecule is CNS(=O)(=O)c1ccc(NCc2cn3cc(Cl)ccc3n2)c([N+](=O)[O-])c1. The molecule has 0 aliphatic heterocycles. The number of sulfonamides is 1. The van der Waals surface area contributed by atoms with Crippen LogP contribution in [0.1, 0.15) is 5.69 Å². The van der Waals surface area contributed by atoms with Gasteiger partial charge in [0, 0.05) is 18.5 Å². The van der Waals surface area contributed by atoms with Gasteiger partial charge in [0.2, 0.25) is 10.0 Å². The molecule has 0 atom stereocenters. The zero-order valence-electron chi connectivity index (χ0n) is 13.5. The van der Waals surface area contributed by atoms with Crippen LogP contribution in [0.3, 0.4) is 0 Å². The van der Waals surface area contributed by atoms with Crippen molar-refractivity contribution in [3.8, 4) is 0 Å². The van der Waals surface area contributed by atoms with Crippen molar-refractivity contribution in [2.45, 2.75) is 11.4 Å². The van der Waals surface area contributed by atoms with Crippen molar-refractivity contribution in [3.05, 3.63) is 63.6 Å². The van der Waals surface area contributed by atoms with Crippen LogP contribution >= 0.6 is 11.6 Å². The van der Waals surface area contributed by atoms with E-state index < -0.39 is 14.9 Å². The first-order chi connectivity index (χ1) is 12.3. The monoisotopic (exact) mass is 395 g/mol. The lowest BCUT2D eigenvalue weighted by molar-refractivity contribution is -0.384. The Balaban J connectivity index is 1.87. The summed E-state index contributed by atoms with van der Waals surface area (Å²) in [7, 11) is -2.53. The van der Waals surface area contributed by atoms with Crippen LogP contribution in [0.5, 0.6) is 0 Å².